The molecular weight excluding hydrogens is 274 g/mol. The molecule has 0 aliphatic carbocycles. The molecule has 0 bridgehead atoms. The van der Waals surface area contributed by atoms with Gasteiger partial charge in [-0.3, -0.25) is 0 Å². The number of aromatic carboxylic acids is 1. The van der Waals surface area contributed by atoms with Crippen molar-refractivity contribution in [3.05, 3.63) is 29.2 Å². The average molecular weight is 289 g/mol. The predicted molar refractivity (Wildman–Crippen MR) is 70.6 cm³/mol. The highest BCUT2D eigenvalue weighted by molar-refractivity contribution is 7.91. The largest absolute Gasteiger partial charge is 0.477 e. The van der Waals surface area contributed by atoms with E-state index in [0.717, 1.165) is 11.3 Å². The predicted octanol–water partition coefficient (Wildman–Crippen LogP) is 1.95. The molecule has 0 amide bonds. The van der Waals surface area contributed by atoms with Crippen LogP contribution in [0.3, 0.4) is 0 Å². The van der Waals surface area contributed by atoms with Crippen LogP contribution < -0.4 is 0 Å². The van der Waals surface area contributed by atoms with E-state index in [-0.39, 0.29) is 15.6 Å². The second-order valence-corrected chi connectivity index (χ2v) is 6.84. The molecule has 18 heavy (non-hydrogen) atoms. The van der Waals surface area contributed by atoms with Crippen molar-refractivity contribution in [2.45, 2.75) is 18.1 Å². The molecule has 1 aromatic heterocycles. The molecule has 1 heterocycles. The first-order chi connectivity index (χ1) is 8.34. The molecule has 0 spiro atoms. The fourth-order valence-corrected chi connectivity index (χ4v) is 4.41. The van der Waals surface area contributed by atoms with E-state index in [9.17, 15) is 13.2 Å². The molecule has 0 radical (unpaired) electrons. The molecule has 0 saturated heterocycles. The normalized spacial score (nSPS) is 11.7. The maximum Gasteiger partial charge on any atom is 0.346 e. The van der Waals surface area contributed by atoms with Crippen molar-refractivity contribution in [1.29, 1.82) is 0 Å². The number of thiophene rings is 1. The molecule has 0 aliphatic rings. The lowest BCUT2D eigenvalue weighted by Gasteiger charge is -2.17. The van der Waals surface area contributed by atoms with Gasteiger partial charge in [0.1, 0.15) is 9.09 Å². The zero-order valence-corrected chi connectivity index (χ0v) is 11.8. The van der Waals surface area contributed by atoms with E-state index in [0.29, 0.717) is 12.1 Å². The molecule has 0 aromatic carbocycles. The number of nitrogens with zero attached hydrogens (tertiary/aromatic N) is 1. The molecule has 7 heteroatoms. The summed E-state index contributed by atoms with van der Waals surface area (Å²) in [6.07, 6.45) is 1.50. The van der Waals surface area contributed by atoms with Crippen LogP contribution >= 0.6 is 11.3 Å². The van der Waals surface area contributed by atoms with Crippen LogP contribution in [0.1, 0.15) is 22.2 Å². The Morgan fingerprint density at radius 1 is 1.61 bits per heavy atom. The van der Waals surface area contributed by atoms with E-state index in [4.69, 9.17) is 5.11 Å². The second kappa shape index (κ2) is 5.64. The molecule has 1 aromatic rings. The maximum absolute atomic E-state index is 12.2. The first-order valence-electron chi connectivity index (χ1n) is 5.29. The minimum atomic E-state index is -3.63. The van der Waals surface area contributed by atoms with Crippen LogP contribution in [0.15, 0.2) is 22.9 Å². The van der Waals surface area contributed by atoms with Gasteiger partial charge in [-0.25, -0.2) is 13.2 Å². The fraction of sp³-hybridized carbons (Fsp3) is 0.364. The molecule has 0 fully saturated rings. The molecule has 0 aliphatic heterocycles. The summed E-state index contributed by atoms with van der Waals surface area (Å²) in [5, 5.41) is 8.93. The Kier molecular flexibility index (Phi) is 4.66. The lowest BCUT2D eigenvalue weighted by molar-refractivity contribution is 0.0701. The lowest BCUT2D eigenvalue weighted by atomic mass is 10.3. The Hall–Kier alpha value is -1.18. The SMILES string of the molecule is C=CCN(CC)S(=O)(=O)c1cc(C)c(C(=O)O)s1. The molecule has 1 rings (SSSR count). The van der Waals surface area contributed by atoms with Crippen molar-refractivity contribution in [1.82, 2.24) is 4.31 Å². The summed E-state index contributed by atoms with van der Waals surface area (Å²) in [5.74, 6) is -1.11. The molecule has 0 atom stereocenters. The number of likely N-dealkylation sites (N-methyl/N-ethyl adjacent to an activating group) is 1. The second-order valence-electron chi connectivity index (χ2n) is 3.63. The van der Waals surface area contributed by atoms with Gasteiger partial charge < -0.3 is 5.11 Å². The lowest BCUT2D eigenvalue weighted by Crippen LogP contribution is -2.30. The Labute approximate surface area is 110 Å². The first-order valence-corrected chi connectivity index (χ1v) is 7.55. The summed E-state index contributed by atoms with van der Waals surface area (Å²) in [5.41, 5.74) is 0.459. The number of rotatable bonds is 6. The van der Waals surface area contributed by atoms with Gasteiger partial charge in [0, 0.05) is 13.1 Å². The van der Waals surface area contributed by atoms with Gasteiger partial charge in [-0.2, -0.15) is 4.31 Å². The molecule has 1 N–H and O–H groups in total. The topological polar surface area (TPSA) is 74.7 Å². The van der Waals surface area contributed by atoms with E-state index in [1.165, 1.54) is 16.4 Å². The molecular formula is C11H15NO4S2. The zero-order valence-electron chi connectivity index (χ0n) is 10.2. The van der Waals surface area contributed by atoms with Gasteiger partial charge in [0.25, 0.3) is 10.0 Å². The van der Waals surface area contributed by atoms with Crippen LogP contribution in [-0.2, 0) is 10.0 Å². The third kappa shape index (κ3) is 2.80. The van der Waals surface area contributed by atoms with Crippen molar-refractivity contribution in [3.8, 4) is 0 Å². The van der Waals surface area contributed by atoms with Crippen molar-refractivity contribution in [3.63, 3.8) is 0 Å². The van der Waals surface area contributed by atoms with E-state index >= 15 is 0 Å². The number of sulfonamides is 1. The van der Waals surface area contributed by atoms with Crippen molar-refractivity contribution in [2.24, 2.45) is 0 Å². The van der Waals surface area contributed by atoms with Crippen LogP contribution in [0, 0.1) is 6.92 Å². The first kappa shape index (κ1) is 14.9. The molecule has 100 valence electrons. The van der Waals surface area contributed by atoms with Gasteiger partial charge >= 0.3 is 5.97 Å². The number of carbonyl (C=O) groups is 1. The van der Waals surface area contributed by atoms with E-state index in [1.807, 2.05) is 0 Å². The van der Waals surface area contributed by atoms with Gasteiger partial charge in [0.2, 0.25) is 0 Å². The van der Waals surface area contributed by atoms with Crippen molar-refractivity contribution in [2.75, 3.05) is 13.1 Å². The van der Waals surface area contributed by atoms with Crippen LogP contribution in [0.25, 0.3) is 0 Å². The van der Waals surface area contributed by atoms with Crippen LogP contribution in [0.2, 0.25) is 0 Å². The van der Waals surface area contributed by atoms with Crippen molar-refractivity contribution < 1.29 is 18.3 Å². The number of carboxylic acid groups (broad SMARTS) is 1. The van der Waals surface area contributed by atoms with Gasteiger partial charge in [0.05, 0.1) is 0 Å². The highest BCUT2D eigenvalue weighted by atomic mass is 32.2. The average Bonchev–Trinajstić information content (AvgIpc) is 2.68. The summed E-state index contributed by atoms with van der Waals surface area (Å²) in [4.78, 5) is 11.0. The monoisotopic (exact) mass is 289 g/mol. The van der Waals surface area contributed by atoms with Crippen LogP contribution in [0.5, 0.6) is 0 Å². The summed E-state index contributed by atoms with van der Waals surface area (Å²) in [6.45, 7) is 7.34. The van der Waals surface area contributed by atoms with Gasteiger partial charge in [0.15, 0.2) is 0 Å². The number of hydrogen-bond acceptors (Lipinski definition) is 4. The standard InChI is InChI=1S/C11H15NO4S2/c1-4-6-12(5-2)18(15,16)9-7-8(3)10(17-9)11(13)14/h4,7H,1,5-6H2,2-3H3,(H,13,14). The van der Waals surface area contributed by atoms with E-state index < -0.39 is 16.0 Å². The quantitative estimate of drug-likeness (QED) is 0.812. The fourth-order valence-electron chi connectivity index (χ4n) is 1.46. The van der Waals surface area contributed by atoms with Gasteiger partial charge in [-0.1, -0.05) is 13.0 Å². The molecule has 0 saturated carbocycles. The van der Waals surface area contributed by atoms with Crippen LogP contribution in [-0.4, -0.2) is 36.9 Å². The summed E-state index contributed by atoms with van der Waals surface area (Å²) in [7, 11) is -3.63. The van der Waals surface area contributed by atoms with Gasteiger partial charge in [-0.15, -0.1) is 17.9 Å². The summed E-state index contributed by atoms with van der Waals surface area (Å²) >= 11 is 0.781. The maximum atomic E-state index is 12.2. The van der Waals surface area contributed by atoms with Crippen LogP contribution in [0.4, 0.5) is 0 Å². The Bertz CT molecular complexity index is 560. The Morgan fingerprint density at radius 3 is 2.61 bits per heavy atom. The molecule has 0 unspecified atom stereocenters. The van der Waals surface area contributed by atoms with E-state index in [2.05, 4.69) is 6.58 Å². The number of hydrogen-bond donors (Lipinski definition) is 1. The van der Waals surface area contributed by atoms with E-state index in [1.54, 1.807) is 13.8 Å². The summed E-state index contributed by atoms with van der Waals surface area (Å²) < 4.78 is 25.8. The summed E-state index contributed by atoms with van der Waals surface area (Å²) in [6, 6.07) is 1.40. The molecule has 5 nitrogen and oxygen atoms in total. The smallest absolute Gasteiger partial charge is 0.346 e. The zero-order chi connectivity index (χ0) is 13.9. The highest BCUT2D eigenvalue weighted by Crippen LogP contribution is 2.28. The number of aryl methyl sites for hydroxylation is 1. The Morgan fingerprint density at radius 2 is 2.22 bits per heavy atom. The number of carboxylic acids is 1. The third-order valence-corrected chi connectivity index (χ3v) is 5.98. The van der Waals surface area contributed by atoms with Gasteiger partial charge in [-0.05, 0) is 18.6 Å². The minimum Gasteiger partial charge on any atom is -0.477 e. The minimum absolute atomic E-state index is 0.0566. The highest BCUT2D eigenvalue weighted by Gasteiger charge is 2.26. The Balaban J connectivity index is 3.24. The van der Waals surface area contributed by atoms with Crippen molar-refractivity contribution >= 4 is 27.3 Å². The third-order valence-electron chi connectivity index (χ3n) is 2.37.